The molecule has 0 bridgehead atoms. The standard InChI is InChI=1S/C24H27N3O/c1-18(22-8-4-6-20-5-2-3-7-23(20)22)27-15-11-21(12-16-27)24(28)26-17-19-9-13-25-14-10-19/h2-10,13-14,18,21H,11-12,15-17H2,1H3,(H,26,28)/t18-/m1/s1. The number of amides is 1. The van der Waals surface area contributed by atoms with Gasteiger partial charge in [-0.2, -0.15) is 0 Å². The Kier molecular flexibility index (Phi) is 5.68. The fourth-order valence-corrected chi connectivity index (χ4v) is 4.19. The third-order valence-corrected chi connectivity index (χ3v) is 5.94. The molecule has 1 saturated heterocycles. The second kappa shape index (κ2) is 8.53. The molecule has 4 heteroatoms. The van der Waals surface area contributed by atoms with Crippen LogP contribution in [-0.2, 0) is 11.3 Å². The van der Waals surface area contributed by atoms with Crippen molar-refractivity contribution in [3.63, 3.8) is 0 Å². The molecule has 0 unspecified atom stereocenters. The van der Waals surface area contributed by atoms with Crippen molar-refractivity contribution in [1.29, 1.82) is 0 Å². The molecular weight excluding hydrogens is 346 g/mol. The number of piperidine rings is 1. The van der Waals surface area contributed by atoms with Gasteiger partial charge in [0.1, 0.15) is 0 Å². The molecule has 1 fully saturated rings. The van der Waals surface area contributed by atoms with Gasteiger partial charge in [-0.05, 0) is 66.9 Å². The summed E-state index contributed by atoms with van der Waals surface area (Å²) in [5, 5.41) is 5.70. The number of aromatic nitrogens is 1. The van der Waals surface area contributed by atoms with E-state index in [1.165, 1.54) is 16.3 Å². The molecule has 0 saturated carbocycles. The predicted octanol–water partition coefficient (Wildman–Crippen LogP) is 4.32. The number of hydrogen-bond acceptors (Lipinski definition) is 3. The van der Waals surface area contributed by atoms with Crippen molar-refractivity contribution in [2.45, 2.75) is 32.4 Å². The van der Waals surface area contributed by atoms with Gasteiger partial charge in [-0.3, -0.25) is 14.7 Å². The van der Waals surface area contributed by atoms with Crippen molar-refractivity contribution in [2.75, 3.05) is 13.1 Å². The van der Waals surface area contributed by atoms with Gasteiger partial charge < -0.3 is 5.32 Å². The molecule has 2 aromatic carbocycles. The van der Waals surface area contributed by atoms with Gasteiger partial charge in [0.05, 0.1) is 0 Å². The molecule has 1 aliphatic heterocycles. The summed E-state index contributed by atoms with van der Waals surface area (Å²) in [5.41, 5.74) is 2.46. The lowest BCUT2D eigenvalue weighted by atomic mass is 9.92. The summed E-state index contributed by atoms with van der Waals surface area (Å²) in [6.45, 7) is 4.77. The van der Waals surface area contributed by atoms with Gasteiger partial charge in [0.25, 0.3) is 0 Å². The Hall–Kier alpha value is -2.72. The average Bonchev–Trinajstić information content (AvgIpc) is 2.77. The number of rotatable bonds is 5. The fraction of sp³-hybridized carbons (Fsp3) is 0.333. The molecule has 3 aromatic rings. The van der Waals surface area contributed by atoms with Crippen molar-refractivity contribution in [3.05, 3.63) is 78.1 Å². The molecule has 2 heterocycles. The predicted molar refractivity (Wildman–Crippen MR) is 113 cm³/mol. The highest BCUT2D eigenvalue weighted by atomic mass is 16.1. The van der Waals surface area contributed by atoms with E-state index in [1.807, 2.05) is 12.1 Å². The van der Waals surface area contributed by atoms with E-state index in [9.17, 15) is 4.79 Å². The highest BCUT2D eigenvalue weighted by Crippen LogP contribution is 2.31. The maximum atomic E-state index is 12.5. The number of carbonyl (C=O) groups is 1. The lowest BCUT2D eigenvalue weighted by molar-refractivity contribution is -0.126. The van der Waals surface area contributed by atoms with Gasteiger partial charge in [0, 0.05) is 30.9 Å². The minimum absolute atomic E-state index is 0.109. The molecule has 0 radical (unpaired) electrons. The smallest absolute Gasteiger partial charge is 0.223 e. The molecule has 0 spiro atoms. The molecule has 1 aromatic heterocycles. The molecule has 28 heavy (non-hydrogen) atoms. The molecule has 1 amide bonds. The summed E-state index contributed by atoms with van der Waals surface area (Å²) in [5.74, 6) is 0.284. The summed E-state index contributed by atoms with van der Waals surface area (Å²) < 4.78 is 0. The Morgan fingerprint density at radius 1 is 1.07 bits per heavy atom. The highest BCUT2D eigenvalue weighted by Gasteiger charge is 2.28. The number of fused-ring (bicyclic) bond motifs is 1. The molecular formula is C24H27N3O. The van der Waals surface area contributed by atoms with Gasteiger partial charge in [-0.1, -0.05) is 42.5 Å². The zero-order valence-corrected chi connectivity index (χ0v) is 16.3. The van der Waals surface area contributed by atoms with Gasteiger partial charge in [-0.25, -0.2) is 0 Å². The van der Waals surface area contributed by atoms with Crippen LogP contribution < -0.4 is 5.32 Å². The van der Waals surface area contributed by atoms with E-state index in [4.69, 9.17) is 0 Å². The van der Waals surface area contributed by atoms with Crippen LogP contribution in [0.2, 0.25) is 0 Å². The van der Waals surface area contributed by atoms with Crippen LogP contribution >= 0.6 is 0 Å². The SMILES string of the molecule is C[C@H](c1cccc2ccccc12)N1CCC(C(=O)NCc2ccncc2)CC1. The second-order valence-electron chi connectivity index (χ2n) is 7.63. The molecule has 144 valence electrons. The van der Waals surface area contributed by atoms with Crippen molar-refractivity contribution in [1.82, 2.24) is 15.2 Å². The molecule has 4 nitrogen and oxygen atoms in total. The minimum Gasteiger partial charge on any atom is -0.352 e. The van der Waals surface area contributed by atoms with E-state index in [-0.39, 0.29) is 11.8 Å². The number of nitrogens with one attached hydrogen (secondary N) is 1. The van der Waals surface area contributed by atoms with Crippen LogP contribution in [0.25, 0.3) is 10.8 Å². The maximum Gasteiger partial charge on any atom is 0.223 e. The van der Waals surface area contributed by atoms with Crippen LogP contribution in [0.5, 0.6) is 0 Å². The van der Waals surface area contributed by atoms with E-state index in [0.717, 1.165) is 31.5 Å². The topological polar surface area (TPSA) is 45.2 Å². The molecule has 4 rings (SSSR count). The first-order valence-corrected chi connectivity index (χ1v) is 10.1. The number of likely N-dealkylation sites (tertiary alicyclic amines) is 1. The Morgan fingerprint density at radius 3 is 2.57 bits per heavy atom. The monoisotopic (exact) mass is 373 g/mol. The van der Waals surface area contributed by atoms with Gasteiger partial charge in [0.15, 0.2) is 0 Å². The fourth-order valence-electron chi connectivity index (χ4n) is 4.19. The number of hydrogen-bond donors (Lipinski definition) is 1. The van der Waals surface area contributed by atoms with Crippen LogP contribution in [0.1, 0.15) is 36.9 Å². The molecule has 0 aliphatic carbocycles. The van der Waals surface area contributed by atoms with E-state index in [2.05, 4.69) is 64.6 Å². The van der Waals surface area contributed by atoms with Gasteiger partial charge >= 0.3 is 0 Å². The Bertz CT molecular complexity index is 927. The number of carbonyl (C=O) groups excluding carboxylic acids is 1. The average molecular weight is 374 g/mol. The van der Waals surface area contributed by atoms with Crippen molar-refractivity contribution >= 4 is 16.7 Å². The summed E-state index contributed by atoms with van der Waals surface area (Å²) in [4.78, 5) is 19.1. The highest BCUT2D eigenvalue weighted by molar-refractivity contribution is 5.86. The van der Waals surface area contributed by atoms with Gasteiger partial charge in [-0.15, -0.1) is 0 Å². The van der Waals surface area contributed by atoms with Crippen molar-refractivity contribution in [3.8, 4) is 0 Å². The van der Waals surface area contributed by atoms with E-state index < -0.39 is 0 Å². The minimum atomic E-state index is 0.109. The van der Waals surface area contributed by atoms with E-state index >= 15 is 0 Å². The molecule has 1 aliphatic rings. The summed E-state index contributed by atoms with van der Waals surface area (Å²) in [6.07, 6.45) is 5.35. The Morgan fingerprint density at radius 2 is 1.79 bits per heavy atom. The lowest BCUT2D eigenvalue weighted by Gasteiger charge is -2.36. The van der Waals surface area contributed by atoms with Crippen LogP contribution in [0.4, 0.5) is 0 Å². The van der Waals surface area contributed by atoms with Gasteiger partial charge in [0.2, 0.25) is 5.91 Å². The van der Waals surface area contributed by atoms with Crippen LogP contribution in [0.3, 0.4) is 0 Å². The third kappa shape index (κ3) is 4.07. The molecule has 1 N–H and O–H groups in total. The van der Waals surface area contributed by atoms with Crippen LogP contribution in [0.15, 0.2) is 67.0 Å². The normalized spacial score (nSPS) is 16.8. The largest absolute Gasteiger partial charge is 0.352 e. The quantitative estimate of drug-likeness (QED) is 0.724. The lowest BCUT2D eigenvalue weighted by Crippen LogP contribution is -2.41. The van der Waals surface area contributed by atoms with E-state index in [1.54, 1.807) is 12.4 Å². The first kappa shape index (κ1) is 18.6. The third-order valence-electron chi connectivity index (χ3n) is 5.94. The van der Waals surface area contributed by atoms with Crippen molar-refractivity contribution in [2.24, 2.45) is 5.92 Å². The Labute approximate surface area is 166 Å². The zero-order chi connectivity index (χ0) is 19.3. The number of pyridine rings is 1. The maximum absolute atomic E-state index is 12.5. The Balaban J connectivity index is 1.35. The number of benzene rings is 2. The van der Waals surface area contributed by atoms with E-state index in [0.29, 0.717) is 12.6 Å². The van der Waals surface area contributed by atoms with Crippen LogP contribution in [-0.4, -0.2) is 28.9 Å². The summed E-state index contributed by atoms with van der Waals surface area (Å²) >= 11 is 0. The molecule has 1 atom stereocenters. The first-order chi connectivity index (χ1) is 13.7. The number of nitrogens with zero attached hydrogens (tertiary/aromatic N) is 2. The second-order valence-corrected chi connectivity index (χ2v) is 7.63. The van der Waals surface area contributed by atoms with Crippen molar-refractivity contribution < 1.29 is 4.79 Å². The summed E-state index contributed by atoms with van der Waals surface area (Å²) in [7, 11) is 0. The zero-order valence-electron chi connectivity index (χ0n) is 16.3. The van der Waals surface area contributed by atoms with Crippen LogP contribution in [0, 0.1) is 5.92 Å². The first-order valence-electron chi connectivity index (χ1n) is 10.1. The summed E-state index contributed by atoms with van der Waals surface area (Å²) in [6, 6.07) is 19.4.